The van der Waals surface area contributed by atoms with Crippen molar-refractivity contribution in [1.82, 2.24) is 10.3 Å². The molecule has 1 aromatic heterocycles. The van der Waals surface area contributed by atoms with Crippen LogP contribution in [0, 0.1) is 0 Å². The summed E-state index contributed by atoms with van der Waals surface area (Å²) in [6, 6.07) is 12.0. The van der Waals surface area contributed by atoms with Gasteiger partial charge < -0.3 is 5.32 Å². The maximum atomic E-state index is 12.2. The summed E-state index contributed by atoms with van der Waals surface area (Å²) in [5.41, 5.74) is 3.28. The zero-order chi connectivity index (χ0) is 13.1. The van der Waals surface area contributed by atoms with Gasteiger partial charge in [0.05, 0.1) is 6.04 Å². The second-order valence-corrected chi connectivity index (χ2v) is 4.85. The van der Waals surface area contributed by atoms with Gasteiger partial charge in [-0.3, -0.25) is 9.78 Å². The number of benzene rings is 1. The van der Waals surface area contributed by atoms with Gasteiger partial charge in [-0.15, -0.1) is 0 Å². The number of carbonyl (C=O) groups excluding carboxylic acids is 1. The highest BCUT2D eigenvalue weighted by Crippen LogP contribution is 2.29. The van der Waals surface area contributed by atoms with Gasteiger partial charge in [0.1, 0.15) is 0 Å². The van der Waals surface area contributed by atoms with Crippen molar-refractivity contribution >= 4 is 5.91 Å². The second kappa shape index (κ2) is 5.22. The summed E-state index contributed by atoms with van der Waals surface area (Å²) in [5.74, 6) is -0.0240. The molecule has 0 spiro atoms. The zero-order valence-electron chi connectivity index (χ0n) is 10.7. The van der Waals surface area contributed by atoms with Crippen molar-refractivity contribution in [3.63, 3.8) is 0 Å². The van der Waals surface area contributed by atoms with Gasteiger partial charge in [0.25, 0.3) is 5.91 Å². The Labute approximate surface area is 112 Å². The van der Waals surface area contributed by atoms with E-state index in [0.717, 1.165) is 19.3 Å². The normalized spacial score (nSPS) is 17.6. The van der Waals surface area contributed by atoms with E-state index in [1.54, 1.807) is 24.5 Å². The summed E-state index contributed by atoms with van der Waals surface area (Å²) >= 11 is 0. The Bertz CT molecular complexity index is 580. The molecular weight excluding hydrogens is 236 g/mol. The molecule has 1 aliphatic carbocycles. The predicted octanol–water partition coefficient (Wildman–Crippen LogP) is 2.89. The monoisotopic (exact) mass is 252 g/mol. The van der Waals surface area contributed by atoms with Gasteiger partial charge >= 0.3 is 0 Å². The number of rotatable bonds is 2. The topological polar surface area (TPSA) is 42.0 Å². The van der Waals surface area contributed by atoms with Gasteiger partial charge in [0.2, 0.25) is 0 Å². The average Bonchev–Trinajstić information content (AvgIpc) is 2.48. The SMILES string of the molecule is O=C(N[C@H]1CCCc2ccccc21)c1ccncc1. The average molecular weight is 252 g/mol. The van der Waals surface area contributed by atoms with Crippen LogP contribution in [0.5, 0.6) is 0 Å². The van der Waals surface area contributed by atoms with Crippen LogP contribution in [0.2, 0.25) is 0 Å². The van der Waals surface area contributed by atoms with Crippen LogP contribution >= 0.6 is 0 Å². The van der Waals surface area contributed by atoms with Gasteiger partial charge in [0, 0.05) is 18.0 Å². The summed E-state index contributed by atoms with van der Waals surface area (Å²) in [4.78, 5) is 16.1. The van der Waals surface area contributed by atoms with Gasteiger partial charge in [-0.25, -0.2) is 0 Å². The molecule has 1 aliphatic rings. The highest BCUT2D eigenvalue weighted by Gasteiger charge is 2.21. The molecule has 0 radical (unpaired) electrons. The fraction of sp³-hybridized carbons (Fsp3) is 0.250. The Hall–Kier alpha value is -2.16. The van der Waals surface area contributed by atoms with Crippen molar-refractivity contribution in [2.24, 2.45) is 0 Å². The molecule has 0 bridgehead atoms. The van der Waals surface area contributed by atoms with E-state index in [1.807, 2.05) is 6.07 Å². The van der Waals surface area contributed by atoms with Gasteiger partial charge in [-0.05, 0) is 42.5 Å². The number of pyridine rings is 1. The summed E-state index contributed by atoms with van der Waals surface area (Å²) in [5, 5.41) is 3.12. The Morgan fingerprint density at radius 2 is 1.95 bits per heavy atom. The zero-order valence-corrected chi connectivity index (χ0v) is 10.7. The summed E-state index contributed by atoms with van der Waals surface area (Å²) in [6.07, 6.45) is 6.53. The lowest BCUT2D eigenvalue weighted by Gasteiger charge is -2.26. The van der Waals surface area contributed by atoms with Gasteiger partial charge in [-0.2, -0.15) is 0 Å². The third kappa shape index (κ3) is 2.50. The Balaban J connectivity index is 1.80. The lowest BCUT2D eigenvalue weighted by molar-refractivity contribution is 0.0932. The lowest BCUT2D eigenvalue weighted by Crippen LogP contribution is -2.30. The molecular formula is C16H16N2O. The first-order valence-electron chi connectivity index (χ1n) is 6.63. The maximum absolute atomic E-state index is 12.2. The first-order chi connectivity index (χ1) is 9.34. The van der Waals surface area contributed by atoms with Crippen LogP contribution in [-0.4, -0.2) is 10.9 Å². The molecule has 96 valence electrons. The molecule has 3 nitrogen and oxygen atoms in total. The van der Waals surface area contributed by atoms with E-state index in [-0.39, 0.29) is 11.9 Å². The minimum absolute atomic E-state index is 0.0240. The molecule has 0 saturated heterocycles. The van der Waals surface area contributed by atoms with Gasteiger partial charge in [0.15, 0.2) is 0 Å². The lowest BCUT2D eigenvalue weighted by atomic mass is 9.87. The number of fused-ring (bicyclic) bond motifs is 1. The van der Waals surface area contributed by atoms with Crippen LogP contribution in [-0.2, 0) is 6.42 Å². The molecule has 1 aromatic carbocycles. The first kappa shape index (κ1) is 11.9. The van der Waals surface area contributed by atoms with E-state index >= 15 is 0 Å². The fourth-order valence-electron chi connectivity index (χ4n) is 2.65. The number of aryl methyl sites for hydroxylation is 1. The van der Waals surface area contributed by atoms with Crippen molar-refractivity contribution in [3.8, 4) is 0 Å². The van der Waals surface area contributed by atoms with E-state index < -0.39 is 0 Å². The third-order valence-corrected chi connectivity index (χ3v) is 3.62. The molecule has 3 rings (SSSR count). The van der Waals surface area contributed by atoms with Crippen molar-refractivity contribution < 1.29 is 4.79 Å². The van der Waals surface area contributed by atoms with Gasteiger partial charge in [-0.1, -0.05) is 24.3 Å². The number of amides is 1. The molecule has 1 atom stereocenters. The molecule has 0 fully saturated rings. The highest BCUT2D eigenvalue weighted by molar-refractivity contribution is 5.94. The Kier molecular flexibility index (Phi) is 3.27. The number of hydrogen-bond donors (Lipinski definition) is 1. The predicted molar refractivity (Wildman–Crippen MR) is 73.8 cm³/mol. The molecule has 0 saturated carbocycles. The minimum atomic E-state index is -0.0240. The third-order valence-electron chi connectivity index (χ3n) is 3.62. The molecule has 2 aromatic rings. The Morgan fingerprint density at radius 3 is 2.79 bits per heavy atom. The molecule has 1 heterocycles. The molecule has 1 N–H and O–H groups in total. The summed E-state index contributed by atoms with van der Waals surface area (Å²) < 4.78 is 0. The number of carbonyl (C=O) groups is 1. The van der Waals surface area contributed by atoms with Crippen LogP contribution in [0.15, 0.2) is 48.8 Å². The number of nitrogens with one attached hydrogen (secondary N) is 1. The standard InChI is InChI=1S/C16H16N2O/c19-16(13-8-10-17-11-9-13)18-15-7-3-5-12-4-1-2-6-14(12)15/h1-2,4,6,8-11,15H,3,5,7H2,(H,18,19)/t15-/m0/s1. The number of nitrogens with zero attached hydrogens (tertiary/aromatic N) is 1. The molecule has 0 unspecified atom stereocenters. The fourth-order valence-corrected chi connectivity index (χ4v) is 2.65. The van der Waals surface area contributed by atoms with Crippen LogP contribution in [0.1, 0.15) is 40.4 Å². The number of hydrogen-bond acceptors (Lipinski definition) is 2. The van der Waals surface area contributed by atoms with Crippen LogP contribution in [0.3, 0.4) is 0 Å². The molecule has 1 amide bonds. The second-order valence-electron chi connectivity index (χ2n) is 4.85. The van der Waals surface area contributed by atoms with Crippen LogP contribution < -0.4 is 5.32 Å². The minimum Gasteiger partial charge on any atom is -0.345 e. The quantitative estimate of drug-likeness (QED) is 0.893. The van der Waals surface area contributed by atoms with E-state index in [9.17, 15) is 4.79 Å². The maximum Gasteiger partial charge on any atom is 0.251 e. The smallest absolute Gasteiger partial charge is 0.251 e. The van der Waals surface area contributed by atoms with Crippen molar-refractivity contribution in [3.05, 3.63) is 65.5 Å². The Morgan fingerprint density at radius 1 is 1.16 bits per heavy atom. The van der Waals surface area contributed by atoms with Crippen LogP contribution in [0.25, 0.3) is 0 Å². The largest absolute Gasteiger partial charge is 0.345 e. The van der Waals surface area contributed by atoms with E-state index in [1.165, 1.54) is 11.1 Å². The summed E-state index contributed by atoms with van der Waals surface area (Å²) in [7, 11) is 0. The molecule has 19 heavy (non-hydrogen) atoms. The van der Waals surface area contributed by atoms with Crippen molar-refractivity contribution in [1.29, 1.82) is 0 Å². The van der Waals surface area contributed by atoms with E-state index in [2.05, 4.69) is 28.5 Å². The van der Waals surface area contributed by atoms with E-state index in [4.69, 9.17) is 0 Å². The highest BCUT2D eigenvalue weighted by atomic mass is 16.1. The summed E-state index contributed by atoms with van der Waals surface area (Å²) in [6.45, 7) is 0. The molecule has 0 aliphatic heterocycles. The van der Waals surface area contributed by atoms with E-state index in [0.29, 0.717) is 5.56 Å². The van der Waals surface area contributed by atoms with Crippen molar-refractivity contribution in [2.45, 2.75) is 25.3 Å². The van der Waals surface area contributed by atoms with Crippen molar-refractivity contribution in [2.75, 3.05) is 0 Å². The molecule has 3 heteroatoms. The first-order valence-corrected chi connectivity index (χ1v) is 6.63. The number of aromatic nitrogens is 1. The van der Waals surface area contributed by atoms with Crippen LogP contribution in [0.4, 0.5) is 0 Å².